The number of benzene rings is 2. The summed E-state index contributed by atoms with van der Waals surface area (Å²) in [5.41, 5.74) is 4.42. The van der Waals surface area contributed by atoms with Crippen LogP contribution in [0.3, 0.4) is 0 Å². The van der Waals surface area contributed by atoms with Crippen molar-refractivity contribution in [2.45, 2.75) is 20.4 Å². The lowest BCUT2D eigenvalue weighted by Crippen LogP contribution is -2.38. The third-order valence-corrected chi connectivity index (χ3v) is 7.36. The second kappa shape index (κ2) is 12.2. The minimum Gasteiger partial charge on any atom is -0.492 e. The number of fused-ring (bicyclic) bond motifs is 1. The van der Waals surface area contributed by atoms with E-state index in [4.69, 9.17) is 9.47 Å². The molecule has 1 atom stereocenters. The van der Waals surface area contributed by atoms with Gasteiger partial charge in [0.05, 0.1) is 30.0 Å². The van der Waals surface area contributed by atoms with Gasteiger partial charge in [-0.3, -0.25) is 9.21 Å². The minimum atomic E-state index is -1.08. The summed E-state index contributed by atoms with van der Waals surface area (Å²) in [5.74, 6) is 0.809. The fourth-order valence-corrected chi connectivity index (χ4v) is 5.36. The van der Waals surface area contributed by atoms with Crippen molar-refractivity contribution in [3.63, 3.8) is 0 Å². The van der Waals surface area contributed by atoms with Gasteiger partial charge in [-0.1, -0.05) is 12.1 Å². The molecule has 1 aliphatic rings. The molecule has 0 bridgehead atoms. The van der Waals surface area contributed by atoms with Crippen LogP contribution in [0.1, 0.15) is 19.4 Å². The second-order valence-electron chi connectivity index (χ2n) is 8.23. The summed E-state index contributed by atoms with van der Waals surface area (Å²) in [6.07, 6.45) is 1.68. The van der Waals surface area contributed by atoms with Gasteiger partial charge in [0.1, 0.15) is 29.4 Å². The molecule has 0 amide bonds. The Labute approximate surface area is 209 Å². The monoisotopic (exact) mass is 498 g/mol. The molecule has 2 heterocycles. The zero-order chi connectivity index (χ0) is 24.1. The van der Waals surface area contributed by atoms with E-state index in [1.54, 1.807) is 6.26 Å². The van der Waals surface area contributed by atoms with Crippen molar-refractivity contribution >= 4 is 27.6 Å². The van der Waals surface area contributed by atoms with Crippen LogP contribution >= 0.6 is 0 Å². The quantitative estimate of drug-likeness (QED) is 0.451. The number of aromatic nitrogens is 1. The summed E-state index contributed by atoms with van der Waals surface area (Å²) >= 11 is 0. The number of morpholine rings is 1. The van der Waals surface area contributed by atoms with E-state index in [-0.39, 0.29) is 5.48 Å². The Morgan fingerprint density at radius 3 is 2.46 bits per heavy atom. The SMILES string of the molecule is CCN(c1ccc(-c2c(C#N)c3ccc(OCCN4CCOCC4)cc3n2CC)cc1)S(C)=O.O. The molecular weight excluding hydrogens is 464 g/mol. The Bertz CT molecular complexity index is 1200. The lowest BCUT2D eigenvalue weighted by Gasteiger charge is -2.26. The van der Waals surface area contributed by atoms with Crippen molar-refractivity contribution < 1.29 is 19.2 Å². The normalized spacial score (nSPS) is 14.8. The predicted octanol–water partition coefficient (Wildman–Crippen LogP) is 3.21. The van der Waals surface area contributed by atoms with Crippen molar-refractivity contribution in [2.75, 3.05) is 56.6 Å². The van der Waals surface area contributed by atoms with E-state index in [1.165, 1.54) is 0 Å². The Hall–Kier alpha value is -2.90. The molecule has 1 unspecified atom stereocenters. The molecule has 1 aromatic heterocycles. The van der Waals surface area contributed by atoms with Gasteiger partial charge >= 0.3 is 0 Å². The molecule has 0 aliphatic carbocycles. The zero-order valence-electron chi connectivity index (χ0n) is 20.6. The van der Waals surface area contributed by atoms with Crippen molar-refractivity contribution in [3.05, 3.63) is 48.0 Å². The number of nitrogens with zero attached hydrogens (tertiary/aromatic N) is 4. The van der Waals surface area contributed by atoms with Crippen molar-refractivity contribution in [1.29, 1.82) is 5.26 Å². The number of aryl methyl sites for hydroxylation is 1. The van der Waals surface area contributed by atoms with Gasteiger partial charge in [0.15, 0.2) is 0 Å². The second-order valence-corrected chi connectivity index (χ2v) is 9.51. The topological polar surface area (TPSA) is 102 Å². The smallest absolute Gasteiger partial charge is 0.121 e. The molecule has 4 rings (SSSR count). The maximum Gasteiger partial charge on any atom is 0.121 e. The molecule has 0 radical (unpaired) electrons. The third kappa shape index (κ3) is 5.68. The highest BCUT2D eigenvalue weighted by Gasteiger charge is 2.19. The standard InChI is InChI=1S/C26H32N4O3S.H2O/c1-4-29-25-18-22(33-17-14-28-12-15-32-16-13-28)10-11-23(25)24(19-27)26(29)20-6-8-21(9-7-20)30(5-2)34(3)31;/h6-11,18H,4-5,12-17H2,1-3H3;1H2. The zero-order valence-corrected chi connectivity index (χ0v) is 21.4. The van der Waals surface area contributed by atoms with E-state index in [0.717, 1.165) is 73.0 Å². The van der Waals surface area contributed by atoms with E-state index >= 15 is 0 Å². The largest absolute Gasteiger partial charge is 0.492 e. The number of anilines is 1. The Kier molecular flexibility index (Phi) is 9.29. The number of nitriles is 1. The van der Waals surface area contributed by atoms with Gasteiger partial charge in [0.25, 0.3) is 0 Å². The highest BCUT2D eigenvalue weighted by molar-refractivity contribution is 7.85. The van der Waals surface area contributed by atoms with E-state index in [9.17, 15) is 9.47 Å². The summed E-state index contributed by atoms with van der Waals surface area (Å²) < 4.78 is 27.5. The Morgan fingerprint density at radius 1 is 1.14 bits per heavy atom. The lowest BCUT2D eigenvalue weighted by atomic mass is 10.1. The van der Waals surface area contributed by atoms with Gasteiger partial charge in [-0.05, 0) is 43.7 Å². The molecule has 3 aromatic rings. The Morgan fingerprint density at radius 2 is 1.86 bits per heavy atom. The van der Waals surface area contributed by atoms with Crippen LogP contribution in [0.2, 0.25) is 0 Å². The van der Waals surface area contributed by atoms with Crippen LogP contribution in [-0.2, 0) is 22.3 Å². The summed E-state index contributed by atoms with van der Waals surface area (Å²) in [7, 11) is -1.08. The molecule has 2 N–H and O–H groups in total. The fraction of sp³-hybridized carbons (Fsp3) is 0.423. The molecular formula is C26H34N4O4S. The van der Waals surface area contributed by atoms with Gasteiger partial charge < -0.3 is 19.5 Å². The van der Waals surface area contributed by atoms with Crippen molar-refractivity contribution in [1.82, 2.24) is 9.47 Å². The van der Waals surface area contributed by atoms with Crippen LogP contribution in [0, 0.1) is 11.3 Å². The Balaban J connectivity index is 0.00000342. The van der Waals surface area contributed by atoms with E-state index in [1.807, 2.05) is 53.7 Å². The highest BCUT2D eigenvalue weighted by atomic mass is 32.2. The molecule has 1 saturated heterocycles. The summed E-state index contributed by atoms with van der Waals surface area (Å²) in [6, 6.07) is 16.4. The molecule has 2 aromatic carbocycles. The average Bonchev–Trinajstić information content (AvgIpc) is 3.18. The maximum absolute atomic E-state index is 12.0. The molecule has 1 aliphatic heterocycles. The first-order chi connectivity index (χ1) is 16.6. The van der Waals surface area contributed by atoms with Gasteiger partial charge in [0, 0.05) is 56.1 Å². The van der Waals surface area contributed by atoms with Crippen molar-refractivity contribution in [2.24, 2.45) is 0 Å². The van der Waals surface area contributed by atoms with Crippen LogP contribution in [-0.4, -0.2) is 71.4 Å². The fourth-order valence-electron chi connectivity index (χ4n) is 4.58. The number of rotatable bonds is 9. The van der Waals surface area contributed by atoms with Crippen LogP contribution in [0.5, 0.6) is 5.75 Å². The van der Waals surface area contributed by atoms with Gasteiger partial charge in [-0.2, -0.15) is 5.26 Å². The summed E-state index contributed by atoms with van der Waals surface area (Å²) in [4.78, 5) is 2.35. The van der Waals surface area contributed by atoms with Gasteiger partial charge in [-0.15, -0.1) is 0 Å². The molecule has 188 valence electrons. The first-order valence-electron chi connectivity index (χ1n) is 11.8. The minimum absolute atomic E-state index is 0. The average molecular weight is 499 g/mol. The van der Waals surface area contributed by atoms with Crippen LogP contribution in [0.25, 0.3) is 22.2 Å². The molecule has 0 spiro atoms. The highest BCUT2D eigenvalue weighted by Crippen LogP contribution is 2.36. The van der Waals surface area contributed by atoms with Crippen LogP contribution < -0.4 is 9.04 Å². The number of hydrogen-bond acceptors (Lipinski definition) is 5. The molecule has 1 fully saturated rings. The maximum atomic E-state index is 12.0. The molecule has 9 heteroatoms. The first kappa shape index (κ1) is 26.7. The van der Waals surface area contributed by atoms with E-state index in [0.29, 0.717) is 18.7 Å². The van der Waals surface area contributed by atoms with Gasteiger partial charge in [-0.25, -0.2) is 4.21 Å². The third-order valence-electron chi connectivity index (χ3n) is 6.27. The predicted molar refractivity (Wildman–Crippen MR) is 141 cm³/mol. The number of hydrogen-bond donors (Lipinski definition) is 0. The molecule has 35 heavy (non-hydrogen) atoms. The lowest BCUT2D eigenvalue weighted by molar-refractivity contribution is 0.0322. The first-order valence-corrected chi connectivity index (χ1v) is 13.3. The van der Waals surface area contributed by atoms with E-state index < -0.39 is 11.0 Å². The molecule has 8 nitrogen and oxygen atoms in total. The van der Waals surface area contributed by atoms with Gasteiger partial charge in [0.2, 0.25) is 0 Å². The molecule has 0 saturated carbocycles. The van der Waals surface area contributed by atoms with Crippen molar-refractivity contribution in [3.8, 4) is 23.1 Å². The summed E-state index contributed by atoms with van der Waals surface area (Å²) in [5, 5.41) is 11.0. The van der Waals surface area contributed by atoms with E-state index in [2.05, 4.69) is 22.5 Å². The van der Waals surface area contributed by atoms with Crippen LogP contribution in [0.15, 0.2) is 42.5 Å². The summed E-state index contributed by atoms with van der Waals surface area (Å²) in [6.45, 7) is 10.4. The van der Waals surface area contributed by atoms with Crippen LogP contribution in [0.4, 0.5) is 5.69 Å². The number of ether oxygens (including phenoxy) is 2.